The van der Waals surface area contributed by atoms with Crippen LogP contribution in [0.4, 0.5) is 15.2 Å². The molecule has 1 aliphatic rings. The van der Waals surface area contributed by atoms with Crippen LogP contribution >= 0.6 is 34.9 Å². The van der Waals surface area contributed by atoms with Gasteiger partial charge in [-0.2, -0.15) is 0 Å². The van der Waals surface area contributed by atoms with Gasteiger partial charge in [-0.3, -0.25) is 0 Å². The van der Waals surface area contributed by atoms with Crippen LogP contribution in [0.5, 0.6) is 0 Å². The lowest BCUT2D eigenvalue weighted by Crippen LogP contribution is -2.27. The summed E-state index contributed by atoms with van der Waals surface area (Å²) in [5.74, 6) is -0.303. The largest absolute Gasteiger partial charge is 0.384 e. The average molecular weight is 444 g/mol. The number of nitrogens with one attached hydrogen (secondary N) is 4. The molecule has 1 atom stereocenters. The van der Waals surface area contributed by atoms with E-state index in [2.05, 4.69) is 25.7 Å². The van der Waals surface area contributed by atoms with E-state index >= 15 is 0 Å². The summed E-state index contributed by atoms with van der Waals surface area (Å²) in [5.41, 5.74) is 0.637. The number of aromatic nitrogens is 1. The van der Waals surface area contributed by atoms with Crippen LogP contribution in [0.1, 0.15) is 32.1 Å². The number of halogens is 2. The molecule has 28 heavy (non-hydrogen) atoms. The Hall–Kier alpha value is -1.06. The summed E-state index contributed by atoms with van der Waals surface area (Å²) in [7, 11) is 0. The average Bonchev–Trinajstić information content (AvgIpc) is 3.39. The van der Waals surface area contributed by atoms with E-state index in [1.165, 1.54) is 55.2 Å². The highest BCUT2D eigenvalue weighted by molar-refractivity contribution is 8.00. The molecular weight excluding hydrogens is 417 g/mol. The molecule has 4 N–H and O–H groups in total. The van der Waals surface area contributed by atoms with Gasteiger partial charge in [0.05, 0.1) is 15.6 Å². The topological polar surface area (TPSA) is 61.0 Å². The van der Waals surface area contributed by atoms with Crippen molar-refractivity contribution in [1.82, 2.24) is 15.6 Å². The molecule has 1 fully saturated rings. The van der Waals surface area contributed by atoms with Crippen molar-refractivity contribution in [2.75, 3.05) is 36.2 Å². The van der Waals surface area contributed by atoms with Crippen molar-refractivity contribution >= 4 is 45.7 Å². The fourth-order valence-corrected chi connectivity index (χ4v) is 4.69. The summed E-state index contributed by atoms with van der Waals surface area (Å²) < 4.78 is 17.3. The fraction of sp³-hybridized carbons (Fsp3) is 0.526. The van der Waals surface area contributed by atoms with Crippen LogP contribution in [-0.2, 0) is 0 Å². The lowest BCUT2D eigenvalue weighted by atomic mass is 10.1. The first-order chi connectivity index (χ1) is 13.7. The number of hydrogen-bond acceptors (Lipinski definition) is 7. The van der Waals surface area contributed by atoms with Gasteiger partial charge < -0.3 is 20.7 Å². The molecular formula is C19H27ClFN5S2. The highest BCUT2D eigenvalue weighted by Crippen LogP contribution is 2.32. The van der Waals surface area contributed by atoms with Gasteiger partial charge in [-0.1, -0.05) is 11.6 Å². The van der Waals surface area contributed by atoms with Gasteiger partial charge in [0, 0.05) is 24.2 Å². The Morgan fingerprint density at radius 3 is 2.96 bits per heavy atom. The van der Waals surface area contributed by atoms with Gasteiger partial charge in [0.25, 0.3) is 0 Å². The molecule has 0 bridgehead atoms. The Labute approximate surface area is 179 Å². The highest BCUT2D eigenvalue weighted by atomic mass is 35.5. The number of anilines is 2. The first-order valence-electron chi connectivity index (χ1n) is 9.72. The smallest absolute Gasteiger partial charge is 0.192 e. The van der Waals surface area contributed by atoms with E-state index in [4.69, 9.17) is 11.6 Å². The summed E-state index contributed by atoms with van der Waals surface area (Å²) in [6, 6.07) is 3.80. The number of thiazole rings is 1. The summed E-state index contributed by atoms with van der Waals surface area (Å²) in [4.78, 5) is 4.56. The standard InChI is InChI=1S/C19H27ClFN5S2/c20-15-12-18(28-26-19-25-10-11-27-19)16(21)13-17(15)24-7-2-1-6-22-9-5-14-4-3-8-23-14/h10-14,22-24H,1-9H2,(H,25,26)/t14-/m1/s1. The molecule has 0 amide bonds. The van der Waals surface area contributed by atoms with Crippen LogP contribution in [0, 0.1) is 5.82 Å². The monoisotopic (exact) mass is 443 g/mol. The van der Waals surface area contributed by atoms with Gasteiger partial charge in [-0.05, 0) is 75.8 Å². The van der Waals surface area contributed by atoms with Gasteiger partial charge in [0.2, 0.25) is 0 Å². The first-order valence-corrected chi connectivity index (χ1v) is 11.8. The zero-order valence-corrected chi connectivity index (χ0v) is 18.2. The molecule has 1 aromatic heterocycles. The third kappa shape index (κ3) is 7.08. The molecule has 1 saturated heterocycles. The predicted molar refractivity (Wildman–Crippen MR) is 119 cm³/mol. The Morgan fingerprint density at radius 2 is 2.18 bits per heavy atom. The Balaban J connectivity index is 1.31. The quantitative estimate of drug-likeness (QED) is 0.274. The molecule has 0 unspecified atom stereocenters. The van der Waals surface area contributed by atoms with Gasteiger partial charge >= 0.3 is 0 Å². The van der Waals surface area contributed by atoms with Crippen LogP contribution in [0.2, 0.25) is 5.02 Å². The second-order valence-corrected chi connectivity index (χ2v) is 8.92. The van der Waals surface area contributed by atoms with Crippen molar-refractivity contribution in [2.24, 2.45) is 0 Å². The zero-order chi connectivity index (χ0) is 19.6. The number of nitrogens with zero attached hydrogens (tertiary/aromatic N) is 1. The maximum atomic E-state index is 14.3. The maximum absolute atomic E-state index is 14.3. The summed E-state index contributed by atoms with van der Waals surface area (Å²) in [5, 5.41) is 13.4. The minimum absolute atomic E-state index is 0.303. The minimum Gasteiger partial charge on any atom is -0.384 e. The van der Waals surface area contributed by atoms with Crippen LogP contribution in [0.3, 0.4) is 0 Å². The molecule has 154 valence electrons. The number of rotatable bonds is 12. The molecule has 5 nitrogen and oxygen atoms in total. The Bertz CT molecular complexity index is 711. The van der Waals surface area contributed by atoms with E-state index in [1.54, 1.807) is 12.3 Å². The number of hydrogen-bond donors (Lipinski definition) is 4. The van der Waals surface area contributed by atoms with Crippen molar-refractivity contribution in [3.63, 3.8) is 0 Å². The molecule has 3 rings (SSSR count). The number of benzene rings is 1. The zero-order valence-electron chi connectivity index (χ0n) is 15.8. The second-order valence-electron chi connectivity index (χ2n) is 6.77. The highest BCUT2D eigenvalue weighted by Gasteiger charge is 2.12. The second kappa shape index (κ2) is 11.8. The SMILES string of the molecule is Fc1cc(NCCCCNCC[C@H]2CCCN2)c(Cl)cc1SNc1nccs1. The summed E-state index contributed by atoms with van der Waals surface area (Å²) in [6.07, 6.45) is 7.61. The minimum atomic E-state index is -0.303. The van der Waals surface area contributed by atoms with Crippen molar-refractivity contribution < 1.29 is 4.39 Å². The van der Waals surface area contributed by atoms with Gasteiger partial charge in [0.1, 0.15) is 5.82 Å². The van der Waals surface area contributed by atoms with Crippen LogP contribution in [0.25, 0.3) is 0 Å². The molecule has 0 radical (unpaired) electrons. The summed E-state index contributed by atoms with van der Waals surface area (Å²) >= 11 is 8.94. The molecule has 1 aliphatic heterocycles. The van der Waals surface area contributed by atoms with Gasteiger partial charge in [0.15, 0.2) is 5.13 Å². The van der Waals surface area contributed by atoms with E-state index in [9.17, 15) is 4.39 Å². The van der Waals surface area contributed by atoms with Crippen LogP contribution < -0.4 is 20.7 Å². The number of unbranched alkanes of at least 4 members (excludes halogenated alkanes) is 1. The van der Waals surface area contributed by atoms with E-state index in [0.717, 1.165) is 37.6 Å². The molecule has 9 heteroatoms. The lowest BCUT2D eigenvalue weighted by Gasteiger charge is -2.12. The van der Waals surface area contributed by atoms with Crippen molar-refractivity contribution in [2.45, 2.75) is 43.0 Å². The molecule has 0 aliphatic carbocycles. The molecule has 2 aromatic rings. The molecule has 2 heterocycles. The third-order valence-corrected chi connectivity index (χ3v) is 6.59. The first kappa shape index (κ1) is 21.6. The fourth-order valence-electron chi connectivity index (χ4n) is 3.12. The van der Waals surface area contributed by atoms with Crippen molar-refractivity contribution in [3.8, 4) is 0 Å². The van der Waals surface area contributed by atoms with Gasteiger partial charge in [-0.25, -0.2) is 9.37 Å². The lowest BCUT2D eigenvalue weighted by molar-refractivity contribution is 0.517. The normalized spacial score (nSPS) is 16.4. The van der Waals surface area contributed by atoms with Crippen molar-refractivity contribution in [1.29, 1.82) is 0 Å². The Morgan fingerprint density at radius 1 is 1.29 bits per heavy atom. The third-order valence-electron chi connectivity index (χ3n) is 4.63. The van der Waals surface area contributed by atoms with Gasteiger partial charge in [-0.15, -0.1) is 11.3 Å². The van der Waals surface area contributed by atoms with E-state index in [-0.39, 0.29) is 5.82 Å². The molecule has 0 saturated carbocycles. The van der Waals surface area contributed by atoms with Crippen molar-refractivity contribution in [3.05, 3.63) is 34.5 Å². The predicted octanol–water partition coefficient (Wildman–Crippen LogP) is 4.98. The van der Waals surface area contributed by atoms with E-state index in [1.807, 2.05) is 5.38 Å². The van der Waals surface area contributed by atoms with E-state index < -0.39 is 0 Å². The van der Waals surface area contributed by atoms with Crippen LogP contribution in [0.15, 0.2) is 28.6 Å². The maximum Gasteiger partial charge on any atom is 0.192 e. The van der Waals surface area contributed by atoms with E-state index in [0.29, 0.717) is 21.6 Å². The Kier molecular flexibility index (Phi) is 9.14. The summed E-state index contributed by atoms with van der Waals surface area (Å²) in [6.45, 7) is 4.02. The molecule has 0 spiro atoms. The molecule has 1 aromatic carbocycles. The van der Waals surface area contributed by atoms with Crippen LogP contribution in [-0.4, -0.2) is 37.2 Å².